The zero-order chi connectivity index (χ0) is 13.8. The number of nitrogens with zero attached hydrogens (tertiary/aromatic N) is 2. The van der Waals surface area contributed by atoms with Crippen LogP contribution in [0.15, 0.2) is 18.2 Å². The summed E-state index contributed by atoms with van der Waals surface area (Å²) in [5.74, 6) is -1.25. The second-order valence-corrected chi connectivity index (χ2v) is 3.97. The molecule has 0 aliphatic rings. The standard InChI is InChI=1S/C11H12FN3O3/c1-11(14,7-13)5-6-18-10-8(12)3-2-4-9(10)15(16)17/h2-4H,5-6,14H2,1H3. The number of benzene rings is 1. The first-order valence-electron chi connectivity index (χ1n) is 5.13. The highest BCUT2D eigenvalue weighted by molar-refractivity contribution is 5.46. The lowest BCUT2D eigenvalue weighted by Gasteiger charge is -2.15. The molecule has 0 amide bonds. The van der Waals surface area contributed by atoms with Crippen molar-refractivity contribution in [1.29, 1.82) is 5.26 Å². The summed E-state index contributed by atoms with van der Waals surface area (Å²) in [4.78, 5) is 9.94. The summed E-state index contributed by atoms with van der Waals surface area (Å²) >= 11 is 0. The Morgan fingerprint density at radius 1 is 1.67 bits per heavy atom. The van der Waals surface area contributed by atoms with Gasteiger partial charge in [-0.3, -0.25) is 10.1 Å². The van der Waals surface area contributed by atoms with E-state index in [0.29, 0.717) is 0 Å². The van der Waals surface area contributed by atoms with Gasteiger partial charge in [-0.05, 0) is 13.0 Å². The van der Waals surface area contributed by atoms with Gasteiger partial charge in [-0.2, -0.15) is 5.26 Å². The molecule has 0 aliphatic heterocycles. The molecule has 0 fully saturated rings. The quantitative estimate of drug-likeness (QED) is 0.636. The molecule has 0 bridgehead atoms. The lowest BCUT2D eigenvalue weighted by Crippen LogP contribution is -2.35. The maximum atomic E-state index is 13.4. The minimum Gasteiger partial charge on any atom is -0.485 e. The number of ether oxygens (including phenoxy) is 1. The van der Waals surface area contributed by atoms with E-state index in [0.717, 1.165) is 12.1 Å². The zero-order valence-electron chi connectivity index (χ0n) is 9.72. The van der Waals surface area contributed by atoms with Crippen LogP contribution in [0.2, 0.25) is 0 Å². The lowest BCUT2D eigenvalue weighted by molar-refractivity contribution is -0.386. The van der Waals surface area contributed by atoms with Crippen LogP contribution in [0.5, 0.6) is 5.75 Å². The van der Waals surface area contributed by atoms with Gasteiger partial charge in [0, 0.05) is 12.5 Å². The molecule has 0 spiro atoms. The number of halogens is 1. The van der Waals surface area contributed by atoms with E-state index in [4.69, 9.17) is 15.7 Å². The molecular formula is C11H12FN3O3. The van der Waals surface area contributed by atoms with E-state index >= 15 is 0 Å². The summed E-state index contributed by atoms with van der Waals surface area (Å²) in [5.41, 5.74) is 3.98. The summed E-state index contributed by atoms with van der Waals surface area (Å²) in [6.45, 7) is 1.41. The molecule has 0 aromatic heterocycles. The third kappa shape index (κ3) is 3.40. The fraction of sp³-hybridized carbons (Fsp3) is 0.364. The van der Waals surface area contributed by atoms with Crippen LogP contribution in [0.25, 0.3) is 0 Å². The van der Waals surface area contributed by atoms with Crippen LogP contribution < -0.4 is 10.5 Å². The highest BCUT2D eigenvalue weighted by atomic mass is 19.1. The van der Waals surface area contributed by atoms with Crippen LogP contribution in [0.3, 0.4) is 0 Å². The van der Waals surface area contributed by atoms with Crippen LogP contribution in [0.1, 0.15) is 13.3 Å². The predicted octanol–water partition coefficient (Wildman–Crippen LogP) is 1.74. The number of nitro benzene ring substituents is 1. The summed E-state index contributed by atoms with van der Waals surface area (Å²) < 4.78 is 18.4. The molecule has 0 heterocycles. The van der Waals surface area contributed by atoms with Gasteiger partial charge in [0.1, 0.15) is 5.54 Å². The van der Waals surface area contributed by atoms with E-state index in [1.807, 2.05) is 6.07 Å². The van der Waals surface area contributed by atoms with Crippen molar-refractivity contribution in [3.63, 3.8) is 0 Å². The van der Waals surface area contributed by atoms with Crippen LogP contribution in [-0.2, 0) is 0 Å². The Kier molecular flexibility index (Phi) is 4.18. The molecule has 1 aromatic rings. The number of rotatable bonds is 5. The van der Waals surface area contributed by atoms with Crippen LogP contribution in [0, 0.1) is 27.3 Å². The molecule has 7 heteroatoms. The van der Waals surface area contributed by atoms with Crippen molar-refractivity contribution in [1.82, 2.24) is 0 Å². The van der Waals surface area contributed by atoms with E-state index in [2.05, 4.69) is 0 Å². The van der Waals surface area contributed by atoms with Crippen molar-refractivity contribution in [2.24, 2.45) is 5.73 Å². The van der Waals surface area contributed by atoms with Gasteiger partial charge in [0.25, 0.3) is 0 Å². The minimum absolute atomic E-state index is 0.0810. The molecule has 0 aliphatic carbocycles. The summed E-state index contributed by atoms with van der Waals surface area (Å²) in [5, 5.41) is 19.3. The molecule has 1 unspecified atom stereocenters. The van der Waals surface area contributed by atoms with Crippen LogP contribution >= 0.6 is 0 Å². The second kappa shape index (κ2) is 5.42. The SMILES string of the molecule is CC(N)(C#N)CCOc1c(F)cccc1[N+](=O)[O-]. The topological polar surface area (TPSA) is 102 Å². The Morgan fingerprint density at radius 2 is 2.33 bits per heavy atom. The first-order chi connectivity index (χ1) is 8.37. The van der Waals surface area contributed by atoms with Crippen molar-refractivity contribution in [3.05, 3.63) is 34.1 Å². The Labute approximate surface area is 103 Å². The van der Waals surface area contributed by atoms with Crippen molar-refractivity contribution < 1.29 is 14.1 Å². The molecular weight excluding hydrogens is 241 g/mol. The summed E-state index contributed by atoms with van der Waals surface area (Å²) in [7, 11) is 0. The molecule has 0 saturated carbocycles. The summed E-state index contributed by atoms with van der Waals surface area (Å²) in [6.07, 6.45) is 0.134. The van der Waals surface area contributed by atoms with Gasteiger partial charge < -0.3 is 10.5 Å². The zero-order valence-corrected chi connectivity index (χ0v) is 9.72. The predicted molar refractivity (Wildman–Crippen MR) is 61.4 cm³/mol. The van der Waals surface area contributed by atoms with E-state index in [-0.39, 0.29) is 13.0 Å². The molecule has 1 aromatic carbocycles. The van der Waals surface area contributed by atoms with Gasteiger partial charge in [0.15, 0.2) is 5.82 Å². The van der Waals surface area contributed by atoms with Gasteiger partial charge in [0.2, 0.25) is 5.75 Å². The fourth-order valence-corrected chi connectivity index (χ4v) is 1.21. The van der Waals surface area contributed by atoms with Crippen molar-refractivity contribution >= 4 is 5.69 Å². The maximum absolute atomic E-state index is 13.4. The van der Waals surface area contributed by atoms with Crippen molar-refractivity contribution in [2.75, 3.05) is 6.61 Å². The van der Waals surface area contributed by atoms with Gasteiger partial charge in [-0.1, -0.05) is 6.07 Å². The fourth-order valence-electron chi connectivity index (χ4n) is 1.21. The molecule has 18 heavy (non-hydrogen) atoms. The number of hydrogen-bond donors (Lipinski definition) is 1. The van der Waals surface area contributed by atoms with Crippen LogP contribution in [-0.4, -0.2) is 17.1 Å². The molecule has 1 atom stereocenters. The third-order valence-corrected chi connectivity index (χ3v) is 2.27. The molecule has 6 nitrogen and oxygen atoms in total. The average molecular weight is 253 g/mol. The highest BCUT2D eigenvalue weighted by Gasteiger charge is 2.22. The third-order valence-electron chi connectivity index (χ3n) is 2.27. The Bertz CT molecular complexity index is 497. The molecule has 2 N–H and O–H groups in total. The smallest absolute Gasteiger partial charge is 0.314 e. The van der Waals surface area contributed by atoms with Crippen molar-refractivity contribution in [3.8, 4) is 11.8 Å². The molecule has 96 valence electrons. The minimum atomic E-state index is -1.11. The first-order valence-corrected chi connectivity index (χ1v) is 5.13. The Balaban J connectivity index is 2.80. The summed E-state index contributed by atoms with van der Waals surface area (Å²) in [6, 6.07) is 5.28. The largest absolute Gasteiger partial charge is 0.485 e. The molecule has 1 rings (SSSR count). The van der Waals surface area contributed by atoms with E-state index in [1.165, 1.54) is 13.0 Å². The lowest BCUT2D eigenvalue weighted by atomic mass is 10.0. The number of hydrogen-bond acceptors (Lipinski definition) is 5. The first kappa shape index (κ1) is 13.9. The van der Waals surface area contributed by atoms with Gasteiger partial charge in [-0.25, -0.2) is 4.39 Å². The number of nitriles is 1. The average Bonchev–Trinajstić information content (AvgIpc) is 2.30. The number of nitrogens with two attached hydrogens (primary N) is 1. The van der Waals surface area contributed by atoms with Gasteiger partial charge >= 0.3 is 5.69 Å². The maximum Gasteiger partial charge on any atom is 0.314 e. The van der Waals surface area contributed by atoms with E-state index in [1.54, 1.807) is 0 Å². The number of nitro groups is 1. The van der Waals surface area contributed by atoms with E-state index in [9.17, 15) is 14.5 Å². The van der Waals surface area contributed by atoms with Crippen LogP contribution in [0.4, 0.5) is 10.1 Å². The molecule has 0 saturated heterocycles. The second-order valence-electron chi connectivity index (χ2n) is 3.97. The monoisotopic (exact) mass is 253 g/mol. The highest BCUT2D eigenvalue weighted by Crippen LogP contribution is 2.29. The molecule has 0 radical (unpaired) electrons. The van der Waals surface area contributed by atoms with Gasteiger partial charge in [0.05, 0.1) is 17.6 Å². The van der Waals surface area contributed by atoms with Crippen molar-refractivity contribution in [2.45, 2.75) is 18.9 Å². The van der Waals surface area contributed by atoms with E-state index < -0.39 is 27.7 Å². The van der Waals surface area contributed by atoms with Gasteiger partial charge in [-0.15, -0.1) is 0 Å². The number of para-hydroxylation sites is 1. The Morgan fingerprint density at radius 3 is 2.89 bits per heavy atom. The normalized spacial score (nSPS) is 13.4. The Hall–Kier alpha value is -2.20.